The van der Waals surface area contributed by atoms with Crippen LogP contribution in [0.2, 0.25) is 0 Å². The van der Waals surface area contributed by atoms with Gasteiger partial charge in [-0.25, -0.2) is 0 Å². The Hall–Kier alpha value is -1.94. The molecule has 0 unspecified atom stereocenters. The Morgan fingerprint density at radius 2 is 1.18 bits per heavy atom. The van der Waals surface area contributed by atoms with Gasteiger partial charge in [0.25, 0.3) is 0 Å². The molecule has 0 radical (unpaired) electrons. The molecule has 2 rings (SSSR count). The topological polar surface area (TPSA) is 137 Å². The van der Waals surface area contributed by atoms with Crippen LogP contribution in [0.25, 0.3) is 0 Å². The van der Waals surface area contributed by atoms with E-state index in [0.29, 0.717) is 13.1 Å². The van der Waals surface area contributed by atoms with Crippen molar-refractivity contribution >= 4 is 11.4 Å². The van der Waals surface area contributed by atoms with Gasteiger partial charge in [0.1, 0.15) is 5.60 Å². The molecule has 45 heavy (non-hydrogen) atoms. The maximum Gasteiger partial charge on any atom is 0.125 e. The molecule has 0 aliphatic heterocycles. The number of aliphatic hydroxyl groups is 3. The summed E-state index contributed by atoms with van der Waals surface area (Å²) in [6.45, 7) is 13.1. The Labute approximate surface area is 290 Å². The van der Waals surface area contributed by atoms with Gasteiger partial charge < -0.3 is 44.8 Å². The Balaban J connectivity index is -0.000000692. The third-order valence-corrected chi connectivity index (χ3v) is 6.81. The largest absolute Gasteiger partial charge is 0.397 e. The summed E-state index contributed by atoms with van der Waals surface area (Å²) >= 11 is 0. The number of aryl methyl sites for hydroxylation is 1. The first kappa shape index (κ1) is 47.5. The molecule has 7 nitrogen and oxygen atoms in total. The van der Waals surface area contributed by atoms with Gasteiger partial charge in [0, 0.05) is 70.1 Å². The van der Waals surface area contributed by atoms with Gasteiger partial charge in [-0.15, -0.1) is 0 Å². The maximum absolute atomic E-state index is 10.7. The van der Waals surface area contributed by atoms with Gasteiger partial charge in [-0.3, -0.25) is 0 Å². The van der Waals surface area contributed by atoms with Gasteiger partial charge in [0.2, 0.25) is 0 Å². The Kier molecular flexibility index (Phi) is 31.1. The van der Waals surface area contributed by atoms with Gasteiger partial charge >= 0.3 is 0 Å². The van der Waals surface area contributed by atoms with E-state index in [9.17, 15) is 10.2 Å². The normalized spacial score (nSPS) is 10.4. The van der Waals surface area contributed by atoms with Crippen LogP contribution in [0.4, 0.5) is 11.4 Å². The standard InChI is InChI=1S/C17H30N2O.C17H26N2O.C2H6O.CH3.Pd/c2*1-3-9-17(20,10-4-2)11-8-15-6-5-7-16(14-15)19-13-12-18;1-2-3;;/h5-7,14,19-20H,3-4,8-13,18H2,1-2H3;5-7,14,19-20H,3-4,9-10,12-13,18H2,1-2H3;3H,2H2,1H3;1H3;/q;;;-1;. The molecule has 9 N–H and O–H groups in total. The predicted octanol–water partition coefficient (Wildman–Crippen LogP) is 6.51. The molecule has 0 heterocycles. The second kappa shape index (κ2) is 29.5. The van der Waals surface area contributed by atoms with E-state index in [-0.39, 0.29) is 34.5 Å². The zero-order valence-corrected chi connectivity index (χ0v) is 30.6. The van der Waals surface area contributed by atoms with Crippen molar-refractivity contribution in [2.24, 2.45) is 11.5 Å². The molecular formula is C37H65N4O3Pd-. The summed E-state index contributed by atoms with van der Waals surface area (Å²) in [5, 5.41) is 35.2. The van der Waals surface area contributed by atoms with E-state index in [0.717, 1.165) is 94.2 Å². The van der Waals surface area contributed by atoms with Gasteiger partial charge in [-0.1, -0.05) is 83.4 Å². The van der Waals surface area contributed by atoms with Gasteiger partial charge in [0.15, 0.2) is 0 Å². The minimum Gasteiger partial charge on any atom is -0.397 e. The predicted molar refractivity (Wildman–Crippen MR) is 192 cm³/mol. The smallest absolute Gasteiger partial charge is 0.125 e. The molecular weight excluding hydrogens is 655 g/mol. The van der Waals surface area contributed by atoms with E-state index in [1.165, 1.54) is 5.56 Å². The molecule has 0 aromatic heterocycles. The molecule has 0 aliphatic rings. The number of hydrogen-bond acceptors (Lipinski definition) is 7. The summed E-state index contributed by atoms with van der Waals surface area (Å²) in [7, 11) is 0. The Bertz CT molecular complexity index is 1010. The van der Waals surface area contributed by atoms with Crippen molar-refractivity contribution in [2.75, 3.05) is 43.4 Å². The van der Waals surface area contributed by atoms with Crippen LogP contribution in [0, 0.1) is 19.3 Å². The monoisotopic (exact) mass is 719 g/mol. The average Bonchev–Trinajstić information content (AvgIpc) is 2.99. The fourth-order valence-corrected chi connectivity index (χ4v) is 4.93. The van der Waals surface area contributed by atoms with Gasteiger partial charge in [-0.2, -0.15) is 0 Å². The van der Waals surface area contributed by atoms with Crippen LogP contribution in [0.15, 0.2) is 48.5 Å². The van der Waals surface area contributed by atoms with Crippen molar-refractivity contribution in [3.63, 3.8) is 0 Å². The second-order valence-corrected chi connectivity index (χ2v) is 11.0. The summed E-state index contributed by atoms with van der Waals surface area (Å²) in [5.74, 6) is 6.15. The molecule has 262 valence electrons. The molecule has 0 atom stereocenters. The van der Waals surface area contributed by atoms with Crippen LogP contribution in [0.5, 0.6) is 0 Å². The van der Waals surface area contributed by atoms with Crippen LogP contribution in [0.3, 0.4) is 0 Å². The summed E-state index contributed by atoms with van der Waals surface area (Å²) in [6.07, 6.45) is 8.94. The first-order valence-corrected chi connectivity index (χ1v) is 16.3. The third-order valence-electron chi connectivity index (χ3n) is 6.81. The van der Waals surface area contributed by atoms with Crippen molar-refractivity contribution in [3.05, 3.63) is 67.1 Å². The van der Waals surface area contributed by atoms with Gasteiger partial charge in [0.05, 0.1) is 5.60 Å². The Morgan fingerprint density at radius 3 is 1.64 bits per heavy atom. The van der Waals surface area contributed by atoms with E-state index in [1.807, 2.05) is 24.3 Å². The van der Waals surface area contributed by atoms with Crippen molar-refractivity contribution in [2.45, 2.75) is 110 Å². The number of aliphatic hydroxyl groups excluding tert-OH is 1. The van der Waals surface area contributed by atoms with Crippen molar-refractivity contribution < 1.29 is 35.7 Å². The Morgan fingerprint density at radius 1 is 0.711 bits per heavy atom. The third kappa shape index (κ3) is 23.1. The quantitative estimate of drug-likeness (QED) is 0.0563. The average molecular weight is 720 g/mol. The molecule has 0 amide bonds. The minimum atomic E-state index is -0.857. The van der Waals surface area contributed by atoms with Crippen molar-refractivity contribution in [1.82, 2.24) is 0 Å². The van der Waals surface area contributed by atoms with Crippen LogP contribution >= 0.6 is 0 Å². The van der Waals surface area contributed by atoms with Crippen molar-refractivity contribution in [3.8, 4) is 11.8 Å². The molecule has 2 aromatic rings. The summed E-state index contributed by atoms with van der Waals surface area (Å²) in [4.78, 5) is 0. The number of anilines is 2. The van der Waals surface area contributed by atoms with E-state index in [1.54, 1.807) is 6.92 Å². The molecule has 8 heteroatoms. The zero-order chi connectivity index (χ0) is 32.4. The number of hydrogen-bond donors (Lipinski definition) is 7. The molecule has 2 aromatic carbocycles. The molecule has 0 spiro atoms. The number of nitrogens with one attached hydrogen (secondary N) is 2. The van der Waals surface area contributed by atoms with Crippen LogP contribution in [0.1, 0.15) is 104 Å². The maximum atomic E-state index is 10.7. The first-order valence-electron chi connectivity index (χ1n) is 16.3. The fraction of sp³-hybridized carbons (Fsp3) is 0.595. The van der Waals surface area contributed by atoms with E-state index >= 15 is 0 Å². The van der Waals surface area contributed by atoms with Crippen LogP contribution in [-0.2, 0) is 26.8 Å². The van der Waals surface area contributed by atoms with E-state index < -0.39 is 11.2 Å². The van der Waals surface area contributed by atoms with E-state index in [2.05, 4.69) is 74.4 Å². The molecule has 0 aliphatic carbocycles. The molecule has 0 saturated carbocycles. The van der Waals surface area contributed by atoms with Crippen molar-refractivity contribution in [1.29, 1.82) is 0 Å². The molecule has 0 bridgehead atoms. The number of rotatable bonds is 17. The van der Waals surface area contributed by atoms with E-state index in [4.69, 9.17) is 16.6 Å². The summed E-state index contributed by atoms with van der Waals surface area (Å²) in [5.41, 5.74) is 13.9. The second-order valence-electron chi connectivity index (χ2n) is 11.0. The number of nitrogens with two attached hydrogens (primary N) is 2. The molecule has 0 fully saturated rings. The van der Waals surface area contributed by atoms with Gasteiger partial charge in [-0.05, 0) is 81.3 Å². The molecule has 0 saturated heterocycles. The first-order chi connectivity index (χ1) is 20.7. The summed E-state index contributed by atoms with van der Waals surface area (Å²) in [6, 6.07) is 16.3. The zero-order valence-electron chi connectivity index (χ0n) is 29.0. The van der Waals surface area contributed by atoms with Crippen LogP contribution < -0.4 is 22.1 Å². The van der Waals surface area contributed by atoms with Crippen LogP contribution in [-0.4, -0.2) is 59.3 Å². The minimum absolute atomic E-state index is 0. The SMILES string of the molecule is CCCC(O)(C#Cc1cccc(NCCN)c1)CCC.CCCC(O)(CCC)CCc1cccc(NCCN)c1.CCO.[CH3-].[Pd]. The fourth-order valence-electron chi connectivity index (χ4n) is 4.93. The summed E-state index contributed by atoms with van der Waals surface area (Å²) < 4.78 is 0. The number of benzene rings is 2.